The summed E-state index contributed by atoms with van der Waals surface area (Å²) in [6.45, 7) is 4.39. The Labute approximate surface area is 72.2 Å². The van der Waals surface area contributed by atoms with Gasteiger partial charge in [-0.05, 0) is 25.0 Å². The molecular formula is C9H14N2O. The molecule has 0 aromatic carbocycles. The highest BCUT2D eigenvalue weighted by molar-refractivity contribution is 5.34. The third-order valence-electron chi connectivity index (χ3n) is 2.17. The Bertz CT molecular complexity index is 284. The first-order valence-corrected chi connectivity index (χ1v) is 3.95. The van der Waals surface area contributed by atoms with Gasteiger partial charge in [-0.1, -0.05) is 0 Å². The first-order valence-electron chi connectivity index (χ1n) is 3.95. The van der Waals surface area contributed by atoms with Crippen molar-refractivity contribution in [1.29, 1.82) is 0 Å². The van der Waals surface area contributed by atoms with Crippen molar-refractivity contribution in [2.24, 2.45) is 5.73 Å². The molecule has 0 spiro atoms. The second-order valence-corrected chi connectivity index (χ2v) is 2.83. The van der Waals surface area contributed by atoms with E-state index < -0.39 is 0 Å². The number of pyridine rings is 1. The molecule has 1 heterocycles. The van der Waals surface area contributed by atoms with Gasteiger partial charge in [-0.15, -0.1) is 0 Å². The molecule has 66 valence electrons. The Hall–Kier alpha value is -0.930. The number of hydrogen-bond acceptors (Lipinski definition) is 3. The molecule has 0 bridgehead atoms. The molecule has 0 aliphatic rings. The number of hydrogen-bond donors (Lipinski definition) is 2. The first-order chi connectivity index (χ1) is 5.70. The highest BCUT2D eigenvalue weighted by atomic mass is 16.3. The summed E-state index contributed by atoms with van der Waals surface area (Å²) < 4.78 is 0. The Morgan fingerprint density at radius 3 is 2.67 bits per heavy atom. The number of aliphatic hydroxyl groups is 1. The van der Waals surface area contributed by atoms with Gasteiger partial charge in [-0.3, -0.25) is 4.98 Å². The summed E-state index contributed by atoms with van der Waals surface area (Å²) in [5.41, 5.74) is 9.48. The summed E-state index contributed by atoms with van der Waals surface area (Å²) in [7, 11) is 0. The van der Waals surface area contributed by atoms with Gasteiger partial charge in [0.25, 0.3) is 0 Å². The summed E-state index contributed by atoms with van der Waals surface area (Å²) in [5.74, 6) is 0. The molecule has 12 heavy (non-hydrogen) atoms. The summed E-state index contributed by atoms with van der Waals surface area (Å²) in [4.78, 5) is 4.14. The molecule has 0 amide bonds. The Kier molecular flexibility index (Phi) is 2.78. The fourth-order valence-electron chi connectivity index (χ4n) is 1.23. The molecular weight excluding hydrogens is 152 g/mol. The van der Waals surface area contributed by atoms with Gasteiger partial charge in [0, 0.05) is 24.0 Å². The lowest BCUT2D eigenvalue weighted by atomic mass is 10.0. The normalized spacial score (nSPS) is 10.3. The molecule has 3 heteroatoms. The van der Waals surface area contributed by atoms with Gasteiger partial charge in [0.05, 0.1) is 6.61 Å². The van der Waals surface area contributed by atoms with Crippen LogP contribution in [0.15, 0.2) is 6.20 Å². The van der Waals surface area contributed by atoms with E-state index in [9.17, 15) is 0 Å². The SMILES string of the molecule is Cc1ncc(CO)c(CN)c1C. The maximum absolute atomic E-state index is 8.97. The monoisotopic (exact) mass is 166 g/mol. The maximum atomic E-state index is 8.97. The number of rotatable bonds is 2. The zero-order valence-corrected chi connectivity index (χ0v) is 7.46. The van der Waals surface area contributed by atoms with Crippen LogP contribution in [0.5, 0.6) is 0 Å². The van der Waals surface area contributed by atoms with Crippen molar-refractivity contribution < 1.29 is 5.11 Å². The first kappa shape index (κ1) is 9.16. The van der Waals surface area contributed by atoms with E-state index >= 15 is 0 Å². The van der Waals surface area contributed by atoms with E-state index in [1.54, 1.807) is 6.20 Å². The third-order valence-corrected chi connectivity index (χ3v) is 2.17. The molecule has 0 atom stereocenters. The van der Waals surface area contributed by atoms with Gasteiger partial charge in [-0.2, -0.15) is 0 Å². The number of aliphatic hydroxyl groups excluding tert-OH is 1. The molecule has 0 aliphatic carbocycles. The molecule has 0 unspecified atom stereocenters. The van der Waals surface area contributed by atoms with E-state index in [0.717, 1.165) is 22.4 Å². The number of aryl methyl sites for hydroxylation is 1. The molecule has 0 aliphatic heterocycles. The van der Waals surface area contributed by atoms with Crippen LogP contribution in [0.1, 0.15) is 22.4 Å². The summed E-state index contributed by atoms with van der Waals surface area (Å²) in [6, 6.07) is 0. The van der Waals surface area contributed by atoms with Gasteiger partial charge in [0.15, 0.2) is 0 Å². The average molecular weight is 166 g/mol. The van der Waals surface area contributed by atoms with E-state index in [2.05, 4.69) is 4.98 Å². The van der Waals surface area contributed by atoms with Crippen LogP contribution >= 0.6 is 0 Å². The van der Waals surface area contributed by atoms with Crippen molar-refractivity contribution in [3.63, 3.8) is 0 Å². The fourth-order valence-corrected chi connectivity index (χ4v) is 1.23. The smallest absolute Gasteiger partial charge is 0.0700 e. The van der Waals surface area contributed by atoms with Crippen LogP contribution in [0, 0.1) is 13.8 Å². The van der Waals surface area contributed by atoms with Crippen LogP contribution in [0.2, 0.25) is 0 Å². The van der Waals surface area contributed by atoms with Gasteiger partial charge >= 0.3 is 0 Å². The van der Waals surface area contributed by atoms with E-state index in [1.165, 1.54) is 0 Å². The van der Waals surface area contributed by atoms with Gasteiger partial charge < -0.3 is 10.8 Å². The summed E-state index contributed by atoms with van der Waals surface area (Å²) >= 11 is 0. The summed E-state index contributed by atoms with van der Waals surface area (Å²) in [6.07, 6.45) is 1.69. The van der Waals surface area contributed by atoms with Gasteiger partial charge in [0.1, 0.15) is 0 Å². The number of nitrogens with zero attached hydrogens (tertiary/aromatic N) is 1. The lowest BCUT2D eigenvalue weighted by Crippen LogP contribution is -2.06. The Morgan fingerprint density at radius 1 is 1.50 bits per heavy atom. The van der Waals surface area contributed by atoms with E-state index in [4.69, 9.17) is 10.8 Å². The molecule has 0 radical (unpaired) electrons. The largest absolute Gasteiger partial charge is 0.392 e. The zero-order valence-electron chi connectivity index (χ0n) is 7.46. The van der Waals surface area contributed by atoms with Crippen LogP contribution in [0.3, 0.4) is 0 Å². The van der Waals surface area contributed by atoms with Crippen molar-refractivity contribution in [1.82, 2.24) is 4.98 Å². The average Bonchev–Trinajstić information content (AvgIpc) is 2.09. The van der Waals surface area contributed by atoms with E-state index in [1.807, 2.05) is 13.8 Å². The molecule has 3 nitrogen and oxygen atoms in total. The van der Waals surface area contributed by atoms with Crippen LogP contribution < -0.4 is 5.73 Å². The predicted octanol–water partition coefficient (Wildman–Crippen LogP) is 0.649. The standard InChI is InChI=1S/C9H14N2O/c1-6-7(2)11-4-8(5-12)9(6)3-10/h4,12H,3,5,10H2,1-2H3. The minimum atomic E-state index is 0.0145. The topological polar surface area (TPSA) is 59.1 Å². The van der Waals surface area contributed by atoms with Gasteiger partial charge in [-0.25, -0.2) is 0 Å². The molecule has 1 rings (SSSR count). The molecule has 0 fully saturated rings. The number of nitrogens with two attached hydrogens (primary N) is 1. The Morgan fingerprint density at radius 2 is 2.17 bits per heavy atom. The van der Waals surface area contributed by atoms with E-state index in [0.29, 0.717) is 6.54 Å². The maximum Gasteiger partial charge on any atom is 0.0700 e. The quantitative estimate of drug-likeness (QED) is 0.678. The molecule has 3 N–H and O–H groups in total. The van der Waals surface area contributed by atoms with Crippen LogP contribution in [-0.2, 0) is 13.2 Å². The minimum Gasteiger partial charge on any atom is -0.392 e. The summed E-state index contributed by atoms with van der Waals surface area (Å²) in [5, 5.41) is 8.97. The lowest BCUT2D eigenvalue weighted by molar-refractivity contribution is 0.280. The number of aromatic nitrogens is 1. The second-order valence-electron chi connectivity index (χ2n) is 2.83. The van der Waals surface area contributed by atoms with Gasteiger partial charge in [0.2, 0.25) is 0 Å². The second kappa shape index (κ2) is 3.65. The van der Waals surface area contributed by atoms with Crippen molar-refractivity contribution in [2.45, 2.75) is 27.0 Å². The molecule has 0 saturated heterocycles. The van der Waals surface area contributed by atoms with E-state index in [-0.39, 0.29) is 6.61 Å². The minimum absolute atomic E-state index is 0.0145. The van der Waals surface area contributed by atoms with Crippen LogP contribution in [-0.4, -0.2) is 10.1 Å². The van der Waals surface area contributed by atoms with Crippen LogP contribution in [0.4, 0.5) is 0 Å². The third kappa shape index (κ3) is 1.47. The molecule has 0 saturated carbocycles. The lowest BCUT2D eigenvalue weighted by Gasteiger charge is -2.09. The zero-order chi connectivity index (χ0) is 9.14. The highest BCUT2D eigenvalue weighted by Gasteiger charge is 2.05. The van der Waals surface area contributed by atoms with Crippen LogP contribution in [0.25, 0.3) is 0 Å². The highest BCUT2D eigenvalue weighted by Crippen LogP contribution is 2.14. The molecule has 1 aromatic heterocycles. The Balaban J connectivity index is 3.25. The predicted molar refractivity (Wildman–Crippen MR) is 47.5 cm³/mol. The molecule has 1 aromatic rings. The van der Waals surface area contributed by atoms with Crippen molar-refractivity contribution in [2.75, 3.05) is 0 Å². The van der Waals surface area contributed by atoms with Crippen molar-refractivity contribution >= 4 is 0 Å². The van der Waals surface area contributed by atoms with Crippen molar-refractivity contribution in [3.8, 4) is 0 Å². The van der Waals surface area contributed by atoms with Crippen molar-refractivity contribution in [3.05, 3.63) is 28.6 Å². The fraction of sp³-hybridized carbons (Fsp3) is 0.444.